The Balaban J connectivity index is 2.28. The van der Waals surface area contributed by atoms with Crippen LogP contribution in [0.1, 0.15) is 16.1 Å². The minimum Gasteiger partial charge on any atom is -0.483 e. The maximum Gasteiger partial charge on any atom is 0.335 e. The zero-order valence-electron chi connectivity index (χ0n) is 12.4. The molecule has 1 aromatic carbocycles. The van der Waals surface area contributed by atoms with Crippen LogP contribution >= 0.6 is 23.2 Å². The van der Waals surface area contributed by atoms with Crippen molar-refractivity contribution in [1.29, 1.82) is 0 Å². The molecule has 0 atom stereocenters. The molecule has 0 radical (unpaired) electrons. The fourth-order valence-electron chi connectivity index (χ4n) is 2.12. The van der Waals surface area contributed by atoms with E-state index in [1.54, 1.807) is 24.5 Å². The highest BCUT2D eigenvalue weighted by molar-refractivity contribution is 6.18. The first kappa shape index (κ1) is 17.5. The van der Waals surface area contributed by atoms with E-state index in [0.717, 1.165) is 5.69 Å². The summed E-state index contributed by atoms with van der Waals surface area (Å²) in [6.45, 7) is 1.37. The van der Waals surface area contributed by atoms with Crippen LogP contribution in [-0.2, 0) is 6.61 Å². The van der Waals surface area contributed by atoms with E-state index in [1.807, 2.05) is 4.90 Å². The summed E-state index contributed by atoms with van der Waals surface area (Å²) in [5.74, 6) is 0.944. The second-order valence-corrected chi connectivity index (χ2v) is 5.48. The minimum absolute atomic E-state index is 0.153. The number of halogens is 2. The van der Waals surface area contributed by atoms with Gasteiger partial charge in [-0.1, -0.05) is 0 Å². The van der Waals surface area contributed by atoms with Gasteiger partial charge in [0, 0.05) is 24.8 Å². The molecule has 5 nitrogen and oxygen atoms in total. The summed E-state index contributed by atoms with van der Waals surface area (Å²) in [5, 5.41) is 9.17. The van der Waals surface area contributed by atoms with Crippen LogP contribution in [0.3, 0.4) is 0 Å². The molecule has 124 valence electrons. The van der Waals surface area contributed by atoms with Gasteiger partial charge >= 0.3 is 5.97 Å². The molecule has 0 amide bonds. The third-order valence-corrected chi connectivity index (χ3v) is 3.54. The maximum absolute atomic E-state index is 11.2. The van der Waals surface area contributed by atoms with Gasteiger partial charge in [0.2, 0.25) is 0 Å². The molecular formula is C16H17Cl2NO4. The molecule has 7 heteroatoms. The number of rotatable bonds is 9. The van der Waals surface area contributed by atoms with Crippen LogP contribution in [0.15, 0.2) is 41.0 Å². The number of nitrogens with zero attached hydrogens (tertiary/aromatic N) is 1. The highest BCUT2D eigenvalue weighted by Gasteiger charge is 2.15. The topological polar surface area (TPSA) is 62.9 Å². The van der Waals surface area contributed by atoms with Gasteiger partial charge in [-0.25, -0.2) is 4.79 Å². The zero-order valence-corrected chi connectivity index (χ0v) is 13.9. The Morgan fingerprint density at radius 1 is 1.22 bits per heavy atom. The molecule has 2 aromatic rings. The summed E-state index contributed by atoms with van der Waals surface area (Å²) in [6.07, 6.45) is 1.56. The van der Waals surface area contributed by atoms with Crippen molar-refractivity contribution in [2.24, 2.45) is 0 Å². The normalized spacial score (nSPS) is 10.5. The first-order chi connectivity index (χ1) is 11.2. The number of ether oxygens (including phenoxy) is 1. The number of hydrogen-bond donors (Lipinski definition) is 1. The van der Waals surface area contributed by atoms with E-state index >= 15 is 0 Å². The van der Waals surface area contributed by atoms with E-state index in [0.29, 0.717) is 36.4 Å². The third-order valence-electron chi connectivity index (χ3n) is 3.21. The molecule has 0 aliphatic carbocycles. The molecule has 0 aliphatic rings. The number of carboxylic acids is 1. The third kappa shape index (κ3) is 4.81. The second kappa shape index (κ2) is 8.70. The van der Waals surface area contributed by atoms with E-state index in [9.17, 15) is 4.79 Å². The minimum atomic E-state index is -1.01. The number of anilines is 1. The lowest BCUT2D eigenvalue weighted by Crippen LogP contribution is -2.28. The molecule has 1 N–H and O–H groups in total. The Morgan fingerprint density at radius 3 is 2.52 bits per heavy atom. The molecule has 1 heterocycles. The number of alkyl halides is 2. The Hall–Kier alpha value is -1.85. The zero-order chi connectivity index (χ0) is 16.7. The number of hydrogen-bond acceptors (Lipinski definition) is 4. The number of carbonyl (C=O) groups is 1. The molecule has 0 saturated carbocycles. The first-order valence-electron chi connectivity index (χ1n) is 7.05. The van der Waals surface area contributed by atoms with Crippen LogP contribution in [0.5, 0.6) is 5.75 Å². The predicted octanol–water partition coefficient (Wildman–Crippen LogP) is 3.84. The lowest BCUT2D eigenvalue weighted by molar-refractivity contribution is 0.0696. The summed E-state index contributed by atoms with van der Waals surface area (Å²) >= 11 is 11.7. The lowest BCUT2D eigenvalue weighted by atomic mass is 10.1. The molecule has 1 aromatic heterocycles. The molecule has 0 aliphatic heterocycles. The lowest BCUT2D eigenvalue weighted by Gasteiger charge is -2.25. The van der Waals surface area contributed by atoms with Crippen molar-refractivity contribution in [3.05, 3.63) is 47.9 Å². The molecule has 23 heavy (non-hydrogen) atoms. The van der Waals surface area contributed by atoms with E-state index in [2.05, 4.69) is 0 Å². The van der Waals surface area contributed by atoms with Crippen LogP contribution < -0.4 is 9.64 Å². The fraction of sp³-hybridized carbons (Fsp3) is 0.312. The van der Waals surface area contributed by atoms with Gasteiger partial charge in [-0.05, 0) is 30.3 Å². The summed E-state index contributed by atoms with van der Waals surface area (Å²) in [4.78, 5) is 13.2. The first-order valence-corrected chi connectivity index (χ1v) is 8.12. The average molecular weight is 358 g/mol. The van der Waals surface area contributed by atoms with Crippen LogP contribution in [-0.4, -0.2) is 35.9 Å². The Labute approximate surface area is 144 Å². The van der Waals surface area contributed by atoms with E-state index in [4.69, 9.17) is 37.5 Å². The fourth-order valence-corrected chi connectivity index (χ4v) is 2.53. The summed E-state index contributed by atoms with van der Waals surface area (Å²) in [7, 11) is 0. The largest absolute Gasteiger partial charge is 0.483 e. The number of furan rings is 1. The molecule has 2 rings (SSSR count). The number of aromatic carboxylic acids is 1. The van der Waals surface area contributed by atoms with Crippen molar-refractivity contribution in [3.63, 3.8) is 0 Å². The van der Waals surface area contributed by atoms with E-state index < -0.39 is 5.97 Å². The Bertz CT molecular complexity index is 625. The molecule has 0 unspecified atom stereocenters. The number of benzene rings is 1. The van der Waals surface area contributed by atoms with Crippen LogP contribution in [0.2, 0.25) is 0 Å². The SMILES string of the molecule is O=C(O)c1ccc(N(CCCl)CCCl)c(OCc2ccco2)c1. The van der Waals surface area contributed by atoms with Crippen LogP contribution in [0.25, 0.3) is 0 Å². The molecule has 0 bridgehead atoms. The van der Waals surface area contributed by atoms with Crippen LogP contribution in [0, 0.1) is 0 Å². The molecule has 0 fully saturated rings. The van der Waals surface area contributed by atoms with Gasteiger partial charge in [-0.15, -0.1) is 23.2 Å². The van der Waals surface area contributed by atoms with Gasteiger partial charge in [-0.3, -0.25) is 0 Å². The quantitative estimate of drug-likeness (QED) is 0.690. The van der Waals surface area contributed by atoms with Crippen molar-refractivity contribution in [2.45, 2.75) is 6.61 Å². The van der Waals surface area contributed by atoms with Gasteiger partial charge in [0.1, 0.15) is 18.1 Å². The van der Waals surface area contributed by atoms with Crippen LogP contribution in [0.4, 0.5) is 5.69 Å². The monoisotopic (exact) mass is 357 g/mol. The van der Waals surface area contributed by atoms with Crippen molar-refractivity contribution >= 4 is 34.9 Å². The van der Waals surface area contributed by atoms with Crippen molar-refractivity contribution in [1.82, 2.24) is 0 Å². The van der Waals surface area contributed by atoms with Gasteiger partial charge in [0.15, 0.2) is 0 Å². The Kier molecular flexibility index (Phi) is 6.62. The number of carboxylic acid groups (broad SMARTS) is 1. The van der Waals surface area contributed by atoms with Crippen molar-refractivity contribution in [2.75, 3.05) is 29.7 Å². The predicted molar refractivity (Wildman–Crippen MR) is 90.1 cm³/mol. The summed E-state index contributed by atoms with van der Waals surface area (Å²) in [6, 6.07) is 8.29. The van der Waals surface area contributed by atoms with Gasteiger partial charge in [-0.2, -0.15) is 0 Å². The second-order valence-electron chi connectivity index (χ2n) is 4.72. The van der Waals surface area contributed by atoms with Gasteiger partial charge in [0.25, 0.3) is 0 Å². The van der Waals surface area contributed by atoms with E-state index in [-0.39, 0.29) is 12.2 Å². The Morgan fingerprint density at radius 2 is 1.96 bits per heavy atom. The molecule has 0 spiro atoms. The van der Waals surface area contributed by atoms with E-state index in [1.165, 1.54) is 12.1 Å². The van der Waals surface area contributed by atoms with Crippen molar-refractivity contribution in [3.8, 4) is 5.75 Å². The maximum atomic E-state index is 11.2. The molecular weight excluding hydrogens is 341 g/mol. The van der Waals surface area contributed by atoms with Gasteiger partial charge < -0.3 is 19.2 Å². The summed E-state index contributed by atoms with van der Waals surface area (Å²) < 4.78 is 11.0. The average Bonchev–Trinajstić information content (AvgIpc) is 3.06. The van der Waals surface area contributed by atoms with Crippen molar-refractivity contribution < 1.29 is 19.1 Å². The molecule has 0 saturated heterocycles. The standard InChI is InChI=1S/C16H17Cl2NO4/c17-5-7-19(8-6-18)14-4-3-12(16(20)21)10-15(14)23-11-13-2-1-9-22-13/h1-4,9-10H,5-8,11H2,(H,20,21). The highest BCUT2D eigenvalue weighted by Crippen LogP contribution is 2.30. The summed E-state index contributed by atoms with van der Waals surface area (Å²) in [5.41, 5.74) is 0.905. The smallest absolute Gasteiger partial charge is 0.335 e. The van der Waals surface area contributed by atoms with Gasteiger partial charge in [0.05, 0.1) is 17.5 Å². The highest BCUT2D eigenvalue weighted by atomic mass is 35.5.